The Balaban J connectivity index is 2.05. The quantitative estimate of drug-likeness (QED) is 0.862. The van der Waals surface area contributed by atoms with Crippen molar-refractivity contribution >= 4 is 0 Å². The van der Waals surface area contributed by atoms with E-state index in [9.17, 15) is 5.11 Å². The molecule has 0 saturated carbocycles. The van der Waals surface area contributed by atoms with Crippen molar-refractivity contribution in [2.75, 3.05) is 19.6 Å². The van der Waals surface area contributed by atoms with Crippen LogP contribution in [0.1, 0.15) is 29.5 Å². The molecule has 0 aliphatic carbocycles. The van der Waals surface area contributed by atoms with Crippen molar-refractivity contribution in [1.29, 1.82) is 0 Å². The maximum Gasteiger partial charge on any atom is 0.121 e. The number of aryl methyl sites for hydroxylation is 2. The summed E-state index contributed by atoms with van der Waals surface area (Å²) in [6, 6.07) is 4.18. The predicted molar refractivity (Wildman–Crippen MR) is 74.6 cm³/mol. The lowest BCUT2D eigenvalue weighted by Gasteiger charge is -2.32. The molecule has 1 atom stereocenters. The second-order valence-corrected chi connectivity index (χ2v) is 5.56. The highest BCUT2D eigenvalue weighted by molar-refractivity contribution is 5.42. The summed E-state index contributed by atoms with van der Waals surface area (Å²) in [6.07, 6.45) is 2.51. The number of piperidine rings is 1. The van der Waals surface area contributed by atoms with Gasteiger partial charge in [0.1, 0.15) is 5.75 Å². The van der Waals surface area contributed by atoms with Gasteiger partial charge in [-0.1, -0.05) is 12.1 Å². The third-order valence-corrected chi connectivity index (χ3v) is 3.89. The van der Waals surface area contributed by atoms with E-state index in [1.807, 2.05) is 13.8 Å². The third-order valence-electron chi connectivity index (χ3n) is 3.89. The van der Waals surface area contributed by atoms with Crippen LogP contribution in [0, 0.1) is 19.8 Å². The number of benzene rings is 1. The number of aromatic hydroxyl groups is 1. The Morgan fingerprint density at radius 2 is 2.00 bits per heavy atom. The smallest absolute Gasteiger partial charge is 0.121 e. The van der Waals surface area contributed by atoms with Crippen LogP contribution in [-0.2, 0) is 6.54 Å². The summed E-state index contributed by atoms with van der Waals surface area (Å²) in [5.41, 5.74) is 9.00. The molecule has 0 amide bonds. The zero-order valence-electron chi connectivity index (χ0n) is 11.4. The summed E-state index contributed by atoms with van der Waals surface area (Å²) in [5, 5.41) is 9.79. The van der Waals surface area contributed by atoms with Gasteiger partial charge >= 0.3 is 0 Å². The first-order valence-electron chi connectivity index (χ1n) is 6.81. The van der Waals surface area contributed by atoms with E-state index in [-0.39, 0.29) is 0 Å². The summed E-state index contributed by atoms with van der Waals surface area (Å²) in [7, 11) is 0. The molecule has 1 heterocycles. The maximum atomic E-state index is 9.79. The minimum atomic E-state index is 0.428. The highest BCUT2D eigenvalue weighted by Gasteiger charge is 2.18. The van der Waals surface area contributed by atoms with Gasteiger partial charge in [0.15, 0.2) is 0 Å². The van der Waals surface area contributed by atoms with Crippen LogP contribution >= 0.6 is 0 Å². The SMILES string of the molecule is Cc1cc(CN2CCCC(CN)C2)cc(C)c1O. The van der Waals surface area contributed by atoms with Gasteiger partial charge in [0, 0.05) is 13.1 Å². The highest BCUT2D eigenvalue weighted by Crippen LogP contribution is 2.25. The standard InChI is InChI=1S/C15H24N2O/c1-11-6-14(7-12(2)15(11)18)10-17-5-3-4-13(8-16)9-17/h6-7,13,18H,3-5,8-10,16H2,1-2H3. The molecule has 1 aromatic rings. The Hall–Kier alpha value is -1.06. The van der Waals surface area contributed by atoms with Crippen molar-refractivity contribution in [2.45, 2.75) is 33.2 Å². The molecule has 3 nitrogen and oxygen atoms in total. The lowest BCUT2D eigenvalue weighted by Crippen LogP contribution is -2.37. The molecule has 1 aliphatic heterocycles. The molecular weight excluding hydrogens is 224 g/mol. The molecule has 0 bridgehead atoms. The molecule has 0 radical (unpaired) electrons. The number of phenols is 1. The molecule has 1 unspecified atom stereocenters. The monoisotopic (exact) mass is 248 g/mol. The van der Waals surface area contributed by atoms with Crippen molar-refractivity contribution in [3.05, 3.63) is 28.8 Å². The highest BCUT2D eigenvalue weighted by atomic mass is 16.3. The average Bonchev–Trinajstić information content (AvgIpc) is 2.36. The number of nitrogens with zero attached hydrogens (tertiary/aromatic N) is 1. The topological polar surface area (TPSA) is 49.5 Å². The molecule has 0 spiro atoms. The van der Waals surface area contributed by atoms with Gasteiger partial charge in [-0.25, -0.2) is 0 Å². The molecule has 0 aromatic heterocycles. The van der Waals surface area contributed by atoms with Crippen LogP contribution in [-0.4, -0.2) is 29.6 Å². The number of hydrogen-bond donors (Lipinski definition) is 2. The summed E-state index contributed by atoms with van der Waals surface area (Å²) in [4.78, 5) is 2.48. The minimum absolute atomic E-state index is 0.428. The number of hydrogen-bond acceptors (Lipinski definition) is 3. The molecular formula is C15H24N2O. The molecule has 1 aromatic carbocycles. The second kappa shape index (κ2) is 5.72. The van der Waals surface area contributed by atoms with Crippen LogP contribution < -0.4 is 5.73 Å². The van der Waals surface area contributed by atoms with Gasteiger partial charge in [-0.3, -0.25) is 4.90 Å². The van der Waals surface area contributed by atoms with Gasteiger partial charge in [0.25, 0.3) is 0 Å². The predicted octanol–water partition coefficient (Wildman–Crippen LogP) is 2.18. The number of nitrogens with two attached hydrogens (primary N) is 1. The van der Waals surface area contributed by atoms with E-state index in [0.29, 0.717) is 11.7 Å². The van der Waals surface area contributed by atoms with Gasteiger partial charge < -0.3 is 10.8 Å². The first-order valence-corrected chi connectivity index (χ1v) is 6.81. The number of phenolic OH excluding ortho intramolecular Hbond substituents is 1. The van der Waals surface area contributed by atoms with Crippen LogP contribution in [0.5, 0.6) is 5.75 Å². The zero-order chi connectivity index (χ0) is 13.1. The molecule has 3 heteroatoms. The molecule has 18 heavy (non-hydrogen) atoms. The van der Waals surface area contributed by atoms with Gasteiger partial charge in [-0.05, 0) is 62.4 Å². The maximum absolute atomic E-state index is 9.79. The van der Waals surface area contributed by atoms with Gasteiger partial charge in [0.05, 0.1) is 0 Å². The van der Waals surface area contributed by atoms with Crippen molar-refractivity contribution in [2.24, 2.45) is 11.7 Å². The van der Waals surface area contributed by atoms with Gasteiger partial charge in [-0.15, -0.1) is 0 Å². The average molecular weight is 248 g/mol. The molecule has 100 valence electrons. The normalized spacial score (nSPS) is 21.2. The second-order valence-electron chi connectivity index (χ2n) is 5.56. The van der Waals surface area contributed by atoms with Crippen molar-refractivity contribution in [3.63, 3.8) is 0 Å². The first kappa shape index (κ1) is 13.4. The van der Waals surface area contributed by atoms with Crippen molar-refractivity contribution < 1.29 is 5.11 Å². The summed E-state index contributed by atoms with van der Waals surface area (Å²) < 4.78 is 0. The van der Waals surface area contributed by atoms with E-state index in [0.717, 1.165) is 37.3 Å². The molecule has 3 N–H and O–H groups in total. The fourth-order valence-electron chi connectivity index (χ4n) is 2.88. The lowest BCUT2D eigenvalue weighted by molar-refractivity contribution is 0.171. The lowest BCUT2D eigenvalue weighted by atomic mass is 9.97. The van der Waals surface area contributed by atoms with Crippen LogP contribution in [0.25, 0.3) is 0 Å². The fourth-order valence-corrected chi connectivity index (χ4v) is 2.88. The van der Waals surface area contributed by atoms with E-state index < -0.39 is 0 Å². The molecule has 1 aliphatic rings. The summed E-state index contributed by atoms with van der Waals surface area (Å²) >= 11 is 0. The van der Waals surface area contributed by atoms with Crippen LogP contribution in [0.4, 0.5) is 0 Å². The van der Waals surface area contributed by atoms with Gasteiger partial charge in [0.2, 0.25) is 0 Å². The van der Waals surface area contributed by atoms with E-state index in [2.05, 4.69) is 17.0 Å². The van der Waals surface area contributed by atoms with Gasteiger partial charge in [-0.2, -0.15) is 0 Å². The van der Waals surface area contributed by atoms with E-state index in [4.69, 9.17) is 5.73 Å². The Morgan fingerprint density at radius 1 is 1.33 bits per heavy atom. The van der Waals surface area contributed by atoms with Crippen LogP contribution in [0.2, 0.25) is 0 Å². The minimum Gasteiger partial charge on any atom is -0.507 e. The van der Waals surface area contributed by atoms with E-state index in [1.54, 1.807) is 0 Å². The summed E-state index contributed by atoms with van der Waals surface area (Å²) in [5.74, 6) is 1.08. The number of likely N-dealkylation sites (tertiary alicyclic amines) is 1. The van der Waals surface area contributed by atoms with Crippen molar-refractivity contribution in [1.82, 2.24) is 4.90 Å². The largest absolute Gasteiger partial charge is 0.507 e. The van der Waals surface area contributed by atoms with Crippen molar-refractivity contribution in [3.8, 4) is 5.75 Å². The van der Waals surface area contributed by atoms with Crippen LogP contribution in [0.15, 0.2) is 12.1 Å². The van der Waals surface area contributed by atoms with Crippen LogP contribution in [0.3, 0.4) is 0 Å². The Morgan fingerprint density at radius 3 is 2.61 bits per heavy atom. The molecule has 2 rings (SSSR count). The zero-order valence-corrected chi connectivity index (χ0v) is 11.4. The summed E-state index contributed by atoms with van der Waals surface area (Å²) in [6.45, 7) is 7.96. The van der Waals surface area contributed by atoms with E-state index in [1.165, 1.54) is 18.4 Å². The Bertz CT molecular complexity index is 394. The molecule has 1 saturated heterocycles. The van der Waals surface area contributed by atoms with E-state index >= 15 is 0 Å². The fraction of sp³-hybridized carbons (Fsp3) is 0.600. The number of rotatable bonds is 3. The first-order chi connectivity index (χ1) is 8.60. The Labute approximate surface area is 110 Å². The Kier molecular flexibility index (Phi) is 4.25. The third kappa shape index (κ3) is 3.03. The molecule has 1 fully saturated rings.